The van der Waals surface area contributed by atoms with Crippen molar-refractivity contribution in [2.24, 2.45) is 0 Å². The Morgan fingerprint density at radius 2 is 2.24 bits per heavy atom. The summed E-state index contributed by atoms with van der Waals surface area (Å²) >= 11 is 1.50. The van der Waals surface area contributed by atoms with Crippen LogP contribution in [0.2, 0.25) is 0 Å². The summed E-state index contributed by atoms with van der Waals surface area (Å²) in [6.45, 7) is 0.242. The minimum Gasteiger partial charge on any atom is -0.493 e. The third-order valence-electron chi connectivity index (χ3n) is 3.82. The lowest BCUT2D eigenvalue weighted by atomic mass is 10.1. The second kappa shape index (κ2) is 7.50. The molecule has 0 aliphatic rings. The molecule has 0 spiro atoms. The van der Waals surface area contributed by atoms with Crippen LogP contribution in [0.4, 0.5) is 0 Å². The van der Waals surface area contributed by atoms with Crippen LogP contribution in [0.1, 0.15) is 28.4 Å². The number of nitrogens with one attached hydrogen (secondary N) is 1. The van der Waals surface area contributed by atoms with Crippen molar-refractivity contribution in [2.75, 3.05) is 13.7 Å². The molecule has 0 bridgehead atoms. The van der Waals surface area contributed by atoms with Gasteiger partial charge in [0.05, 0.1) is 13.2 Å². The van der Waals surface area contributed by atoms with Crippen molar-refractivity contribution in [3.05, 3.63) is 62.6 Å². The lowest BCUT2D eigenvalue weighted by molar-refractivity contribution is 0.0939. The molecule has 2 heterocycles. The van der Waals surface area contributed by atoms with Crippen LogP contribution in [0, 0.1) is 0 Å². The molecule has 2 N–H and O–H groups in total. The van der Waals surface area contributed by atoms with Crippen LogP contribution < -0.4 is 15.7 Å². The third-order valence-corrected chi connectivity index (χ3v) is 4.52. The Kier molecular flexibility index (Phi) is 5.16. The van der Waals surface area contributed by atoms with E-state index in [9.17, 15) is 14.7 Å². The first-order valence-corrected chi connectivity index (χ1v) is 8.63. The molecule has 0 saturated carbocycles. The highest BCUT2D eigenvalue weighted by Gasteiger charge is 2.16. The number of rotatable bonds is 6. The number of para-hydroxylation sites is 1. The number of methoxy groups -OCH3 is 1. The van der Waals surface area contributed by atoms with Crippen molar-refractivity contribution in [1.29, 1.82) is 0 Å². The topological polar surface area (TPSA) is 88.8 Å². The lowest BCUT2D eigenvalue weighted by Crippen LogP contribution is -2.29. The molecule has 2 aromatic heterocycles. The smallest absolute Gasteiger partial charge is 0.349 e. The zero-order chi connectivity index (χ0) is 17.8. The fraction of sp³-hybridized carbons (Fsp3) is 0.222. The minimum atomic E-state index is -0.729. The first kappa shape index (κ1) is 17.2. The average molecular weight is 359 g/mol. The molecule has 7 heteroatoms. The number of ether oxygens (including phenoxy) is 1. The summed E-state index contributed by atoms with van der Waals surface area (Å²) in [4.78, 5) is 24.3. The molecule has 1 amide bonds. The number of benzene rings is 1. The molecule has 0 aliphatic carbocycles. The van der Waals surface area contributed by atoms with E-state index in [1.807, 2.05) is 16.8 Å². The summed E-state index contributed by atoms with van der Waals surface area (Å²) < 4.78 is 10.4. The number of hydrogen-bond acceptors (Lipinski definition) is 6. The molecule has 3 aromatic rings. The Balaban J connectivity index is 1.72. The van der Waals surface area contributed by atoms with Crippen LogP contribution in [0.3, 0.4) is 0 Å². The van der Waals surface area contributed by atoms with Crippen molar-refractivity contribution in [3.63, 3.8) is 0 Å². The van der Waals surface area contributed by atoms with Gasteiger partial charge in [0, 0.05) is 11.9 Å². The van der Waals surface area contributed by atoms with Gasteiger partial charge in [0.2, 0.25) is 0 Å². The van der Waals surface area contributed by atoms with Crippen LogP contribution >= 0.6 is 11.3 Å². The van der Waals surface area contributed by atoms with E-state index in [4.69, 9.17) is 9.15 Å². The predicted octanol–water partition coefficient (Wildman–Crippen LogP) is 2.72. The average Bonchev–Trinajstić information content (AvgIpc) is 3.15. The third kappa shape index (κ3) is 3.72. The zero-order valence-electron chi connectivity index (χ0n) is 13.5. The van der Waals surface area contributed by atoms with Crippen LogP contribution in [0.25, 0.3) is 11.0 Å². The second-order valence-corrected chi connectivity index (χ2v) is 6.22. The molecule has 3 rings (SSSR count). The number of carbonyl (C=O) groups excluding carboxylic acids is 1. The number of aliphatic hydroxyl groups is 1. The van der Waals surface area contributed by atoms with Gasteiger partial charge in [0.25, 0.3) is 5.91 Å². The van der Waals surface area contributed by atoms with E-state index in [-0.39, 0.29) is 12.1 Å². The molecule has 6 nitrogen and oxygen atoms in total. The first-order chi connectivity index (χ1) is 12.1. The SMILES string of the molecule is COc1cccc2cc(C(=O)NCCC(O)c3ccsc3)c(=O)oc12. The van der Waals surface area contributed by atoms with Crippen LogP contribution in [0.15, 0.2) is 50.3 Å². The highest BCUT2D eigenvalue weighted by molar-refractivity contribution is 7.07. The summed E-state index contributed by atoms with van der Waals surface area (Å²) in [5, 5.41) is 17.0. The molecule has 0 aliphatic heterocycles. The molecule has 1 aromatic carbocycles. The standard InChI is InChI=1S/C18H17NO5S/c1-23-15-4-2-3-11-9-13(18(22)24-16(11)15)17(21)19-7-5-14(20)12-6-8-25-10-12/h2-4,6,8-10,14,20H,5,7H2,1H3,(H,19,21). The largest absolute Gasteiger partial charge is 0.493 e. The summed E-state index contributed by atoms with van der Waals surface area (Å²) in [5.74, 6) is -0.101. The molecule has 0 saturated heterocycles. The Labute approximate surface area is 147 Å². The number of hydrogen-bond donors (Lipinski definition) is 2. The second-order valence-electron chi connectivity index (χ2n) is 5.44. The number of carbonyl (C=O) groups is 1. The summed E-state index contributed by atoms with van der Waals surface area (Å²) in [7, 11) is 1.48. The van der Waals surface area contributed by atoms with Gasteiger partial charge in [0.1, 0.15) is 5.56 Å². The van der Waals surface area contributed by atoms with E-state index in [2.05, 4.69) is 5.32 Å². The number of fused-ring (bicyclic) bond motifs is 1. The maximum absolute atomic E-state index is 12.2. The van der Waals surface area contributed by atoms with E-state index in [0.29, 0.717) is 23.1 Å². The van der Waals surface area contributed by atoms with Gasteiger partial charge < -0.3 is 19.6 Å². The van der Waals surface area contributed by atoms with Gasteiger partial charge >= 0.3 is 5.63 Å². The van der Waals surface area contributed by atoms with E-state index in [1.54, 1.807) is 18.2 Å². The minimum absolute atomic E-state index is 0.0780. The molecule has 0 radical (unpaired) electrons. The fourth-order valence-electron chi connectivity index (χ4n) is 2.49. The van der Waals surface area contributed by atoms with E-state index in [1.165, 1.54) is 24.5 Å². The number of aliphatic hydroxyl groups excluding tert-OH is 1. The molecule has 0 fully saturated rings. The molecule has 25 heavy (non-hydrogen) atoms. The van der Waals surface area contributed by atoms with Crippen molar-refractivity contribution >= 4 is 28.2 Å². The predicted molar refractivity (Wildman–Crippen MR) is 95.3 cm³/mol. The maximum Gasteiger partial charge on any atom is 0.349 e. The first-order valence-electron chi connectivity index (χ1n) is 7.69. The van der Waals surface area contributed by atoms with Gasteiger partial charge in [-0.05, 0) is 40.9 Å². The Morgan fingerprint density at radius 1 is 1.40 bits per heavy atom. The summed E-state index contributed by atoms with van der Waals surface area (Å²) in [6.07, 6.45) is -0.293. The lowest BCUT2D eigenvalue weighted by Gasteiger charge is -2.10. The molecule has 130 valence electrons. The Hall–Kier alpha value is -2.64. The molecule has 1 unspecified atom stereocenters. The van der Waals surface area contributed by atoms with Gasteiger partial charge in [0.15, 0.2) is 11.3 Å². The molecular formula is C18H17NO5S. The number of amides is 1. The van der Waals surface area contributed by atoms with Gasteiger partial charge in [-0.3, -0.25) is 4.79 Å². The Bertz CT molecular complexity index is 932. The van der Waals surface area contributed by atoms with Crippen molar-refractivity contribution in [3.8, 4) is 5.75 Å². The van der Waals surface area contributed by atoms with Gasteiger partial charge in [-0.2, -0.15) is 11.3 Å². The number of thiophene rings is 1. The van der Waals surface area contributed by atoms with Crippen LogP contribution in [-0.4, -0.2) is 24.7 Å². The highest BCUT2D eigenvalue weighted by atomic mass is 32.1. The molecular weight excluding hydrogens is 342 g/mol. The van der Waals surface area contributed by atoms with Crippen molar-refractivity contribution < 1.29 is 19.1 Å². The van der Waals surface area contributed by atoms with E-state index < -0.39 is 17.6 Å². The quantitative estimate of drug-likeness (QED) is 0.661. The fourth-order valence-corrected chi connectivity index (χ4v) is 3.19. The molecule has 1 atom stereocenters. The normalized spacial score (nSPS) is 12.1. The monoisotopic (exact) mass is 359 g/mol. The van der Waals surface area contributed by atoms with Gasteiger partial charge in [-0.15, -0.1) is 0 Å². The van der Waals surface area contributed by atoms with Gasteiger partial charge in [-0.25, -0.2) is 4.79 Å². The zero-order valence-corrected chi connectivity index (χ0v) is 14.3. The Morgan fingerprint density at radius 3 is 2.96 bits per heavy atom. The van der Waals surface area contributed by atoms with Crippen molar-refractivity contribution in [2.45, 2.75) is 12.5 Å². The summed E-state index contributed by atoms with van der Waals surface area (Å²) in [6, 6.07) is 8.48. The van der Waals surface area contributed by atoms with Crippen LogP contribution in [-0.2, 0) is 0 Å². The summed E-state index contributed by atoms with van der Waals surface area (Å²) in [5.41, 5.74) is 0.314. The maximum atomic E-state index is 12.2. The highest BCUT2D eigenvalue weighted by Crippen LogP contribution is 2.24. The van der Waals surface area contributed by atoms with Gasteiger partial charge in [-0.1, -0.05) is 12.1 Å². The van der Waals surface area contributed by atoms with Crippen molar-refractivity contribution in [1.82, 2.24) is 5.32 Å². The van der Waals surface area contributed by atoms with Crippen LogP contribution in [0.5, 0.6) is 5.75 Å². The van der Waals surface area contributed by atoms with E-state index in [0.717, 1.165) is 5.56 Å². The van der Waals surface area contributed by atoms with E-state index >= 15 is 0 Å².